The molecule has 0 heterocycles. The Morgan fingerprint density at radius 2 is 1.83 bits per heavy atom. The van der Waals surface area contributed by atoms with Crippen LogP contribution >= 0.6 is 23.4 Å². The fourth-order valence-electron chi connectivity index (χ4n) is 1.81. The van der Waals surface area contributed by atoms with Crippen LogP contribution in [0.3, 0.4) is 0 Å². The van der Waals surface area contributed by atoms with Crippen molar-refractivity contribution in [1.29, 1.82) is 0 Å². The normalized spacial score (nSPS) is 11.3. The summed E-state index contributed by atoms with van der Waals surface area (Å²) in [7, 11) is 0. The van der Waals surface area contributed by atoms with Crippen molar-refractivity contribution in [3.63, 3.8) is 0 Å². The number of benzene rings is 2. The second-order valence-corrected chi connectivity index (χ2v) is 6.15. The first-order valence-corrected chi connectivity index (χ1v) is 8.03. The Morgan fingerprint density at radius 1 is 1.13 bits per heavy atom. The number of carbonyl (C=O) groups excluding carboxylic acids is 1. The van der Waals surface area contributed by atoms with Crippen LogP contribution < -0.4 is 5.32 Å². The van der Waals surface area contributed by atoms with E-state index in [4.69, 9.17) is 11.6 Å². The van der Waals surface area contributed by atoms with Gasteiger partial charge in [-0.2, -0.15) is 13.2 Å². The molecule has 2 nitrogen and oxygen atoms in total. The molecule has 2 aromatic carbocycles. The average molecular weight is 360 g/mol. The summed E-state index contributed by atoms with van der Waals surface area (Å²) in [5, 5.41) is 2.37. The van der Waals surface area contributed by atoms with Crippen LogP contribution in [-0.4, -0.2) is 11.7 Å². The molecule has 0 fully saturated rings. The van der Waals surface area contributed by atoms with E-state index >= 15 is 0 Å². The Labute approximate surface area is 141 Å². The molecule has 0 bridgehead atoms. The van der Waals surface area contributed by atoms with E-state index < -0.39 is 11.7 Å². The first kappa shape index (κ1) is 17.7. The van der Waals surface area contributed by atoms with Crippen molar-refractivity contribution in [3.8, 4) is 0 Å². The maximum atomic E-state index is 12.8. The minimum absolute atomic E-state index is 0.0335. The number of alkyl halides is 3. The monoisotopic (exact) mass is 359 g/mol. The Hall–Kier alpha value is -1.66. The van der Waals surface area contributed by atoms with E-state index in [1.54, 1.807) is 0 Å². The van der Waals surface area contributed by atoms with Gasteiger partial charge in [-0.3, -0.25) is 4.79 Å². The third-order valence-corrected chi connectivity index (χ3v) is 4.27. The molecule has 23 heavy (non-hydrogen) atoms. The van der Waals surface area contributed by atoms with Crippen LogP contribution in [-0.2, 0) is 17.5 Å². The second-order valence-electron chi connectivity index (χ2n) is 4.69. The first-order valence-electron chi connectivity index (χ1n) is 6.66. The Morgan fingerprint density at radius 3 is 2.48 bits per heavy atom. The van der Waals surface area contributed by atoms with Gasteiger partial charge in [0.25, 0.3) is 0 Å². The molecule has 0 saturated heterocycles. The molecule has 122 valence electrons. The number of hydrogen-bond donors (Lipinski definition) is 1. The van der Waals surface area contributed by atoms with E-state index in [9.17, 15) is 18.0 Å². The molecule has 0 aliphatic carbocycles. The van der Waals surface area contributed by atoms with Crippen molar-refractivity contribution in [3.05, 3.63) is 64.7 Å². The van der Waals surface area contributed by atoms with Crippen LogP contribution in [0.4, 0.5) is 13.2 Å². The highest BCUT2D eigenvalue weighted by Gasteiger charge is 2.33. The van der Waals surface area contributed by atoms with Gasteiger partial charge < -0.3 is 5.32 Å². The van der Waals surface area contributed by atoms with Gasteiger partial charge in [-0.1, -0.05) is 41.9 Å². The minimum atomic E-state index is -4.51. The van der Waals surface area contributed by atoms with Crippen molar-refractivity contribution < 1.29 is 18.0 Å². The fraction of sp³-hybridized carbons (Fsp3) is 0.188. The number of hydrogen-bond acceptors (Lipinski definition) is 2. The van der Waals surface area contributed by atoms with Crippen molar-refractivity contribution in [2.75, 3.05) is 5.75 Å². The summed E-state index contributed by atoms with van der Waals surface area (Å²) < 4.78 is 38.3. The summed E-state index contributed by atoms with van der Waals surface area (Å²) in [6, 6.07) is 13.0. The van der Waals surface area contributed by atoms with Gasteiger partial charge in [0.2, 0.25) is 5.91 Å². The molecule has 0 spiro atoms. The van der Waals surface area contributed by atoms with Crippen molar-refractivity contribution in [2.45, 2.75) is 17.6 Å². The van der Waals surface area contributed by atoms with Crippen LogP contribution in [0.25, 0.3) is 0 Å². The minimum Gasteiger partial charge on any atom is -0.351 e. The molecular formula is C16H13ClF3NOS. The molecule has 0 aliphatic heterocycles. The molecule has 0 atom stereocenters. The highest BCUT2D eigenvalue weighted by molar-refractivity contribution is 8.00. The molecule has 7 heteroatoms. The molecule has 1 amide bonds. The highest BCUT2D eigenvalue weighted by Crippen LogP contribution is 2.36. The summed E-state index contributed by atoms with van der Waals surface area (Å²) in [6.07, 6.45) is -4.51. The highest BCUT2D eigenvalue weighted by atomic mass is 35.5. The number of halogens is 4. The zero-order valence-electron chi connectivity index (χ0n) is 11.9. The zero-order valence-corrected chi connectivity index (χ0v) is 13.4. The largest absolute Gasteiger partial charge is 0.417 e. The van der Waals surface area contributed by atoms with E-state index in [0.29, 0.717) is 11.4 Å². The van der Waals surface area contributed by atoms with Crippen LogP contribution in [0.15, 0.2) is 53.4 Å². The maximum Gasteiger partial charge on any atom is 0.417 e. The van der Waals surface area contributed by atoms with Crippen LogP contribution in [0, 0.1) is 0 Å². The first-order chi connectivity index (χ1) is 10.9. The molecular weight excluding hydrogens is 347 g/mol. The second kappa shape index (κ2) is 7.75. The van der Waals surface area contributed by atoms with E-state index in [-0.39, 0.29) is 16.7 Å². The summed E-state index contributed by atoms with van der Waals surface area (Å²) in [6.45, 7) is 0.384. The third-order valence-electron chi connectivity index (χ3n) is 2.95. The lowest BCUT2D eigenvalue weighted by molar-refractivity contribution is -0.137. The fourth-order valence-corrected chi connectivity index (χ4v) is 2.80. The van der Waals surface area contributed by atoms with Crippen molar-refractivity contribution in [2.24, 2.45) is 0 Å². The molecule has 0 saturated carbocycles. The maximum absolute atomic E-state index is 12.8. The van der Waals surface area contributed by atoms with Gasteiger partial charge in [0, 0.05) is 11.4 Å². The van der Waals surface area contributed by atoms with Gasteiger partial charge in [0.15, 0.2) is 0 Å². The van der Waals surface area contributed by atoms with Crippen LogP contribution in [0.1, 0.15) is 11.1 Å². The number of amides is 1. The van der Waals surface area contributed by atoms with Gasteiger partial charge in [0.05, 0.1) is 16.3 Å². The van der Waals surface area contributed by atoms with Gasteiger partial charge in [-0.15, -0.1) is 11.8 Å². The Bertz CT molecular complexity index is 677. The topological polar surface area (TPSA) is 29.1 Å². The quantitative estimate of drug-likeness (QED) is 0.779. The number of carbonyl (C=O) groups is 1. The van der Waals surface area contributed by atoms with E-state index in [2.05, 4.69) is 5.32 Å². The summed E-state index contributed by atoms with van der Waals surface area (Å²) in [4.78, 5) is 12.1. The zero-order chi connectivity index (χ0) is 16.9. The number of nitrogens with one attached hydrogen (secondary N) is 1. The predicted molar refractivity (Wildman–Crippen MR) is 85.5 cm³/mol. The molecule has 2 aromatic rings. The lowest BCUT2D eigenvalue weighted by Crippen LogP contribution is -2.24. The summed E-state index contributed by atoms with van der Waals surface area (Å²) >= 11 is 6.58. The van der Waals surface area contributed by atoms with Gasteiger partial charge in [0.1, 0.15) is 0 Å². The third kappa shape index (κ3) is 5.48. The molecule has 0 aliphatic rings. The smallest absolute Gasteiger partial charge is 0.351 e. The van der Waals surface area contributed by atoms with Crippen molar-refractivity contribution in [1.82, 2.24) is 5.32 Å². The summed E-state index contributed by atoms with van der Waals surface area (Å²) in [5.74, 6) is -0.214. The molecule has 0 unspecified atom stereocenters. The van der Waals surface area contributed by atoms with E-state index in [1.165, 1.54) is 12.1 Å². The number of thioether (sulfide) groups is 1. The van der Waals surface area contributed by atoms with Gasteiger partial charge in [-0.25, -0.2) is 0 Å². The Kier molecular flexibility index (Phi) is 5.96. The SMILES string of the molecule is O=C(CSc1ccc(Cl)c(C(F)(F)F)c1)NCc1ccccc1. The predicted octanol–water partition coefficient (Wildman–Crippen LogP) is 4.77. The van der Waals surface area contributed by atoms with E-state index in [0.717, 1.165) is 23.4 Å². The van der Waals surface area contributed by atoms with Crippen LogP contribution in [0.5, 0.6) is 0 Å². The number of rotatable bonds is 5. The lowest BCUT2D eigenvalue weighted by atomic mass is 10.2. The van der Waals surface area contributed by atoms with E-state index in [1.807, 2.05) is 30.3 Å². The molecule has 0 aromatic heterocycles. The lowest BCUT2D eigenvalue weighted by Gasteiger charge is -2.11. The standard InChI is InChI=1S/C16H13ClF3NOS/c17-14-7-6-12(8-13(14)16(18,19)20)23-10-15(22)21-9-11-4-2-1-3-5-11/h1-8H,9-10H2,(H,21,22). The molecule has 1 N–H and O–H groups in total. The van der Waals surface area contributed by atoms with Crippen LogP contribution in [0.2, 0.25) is 5.02 Å². The molecule has 2 rings (SSSR count). The average Bonchev–Trinajstić information content (AvgIpc) is 2.52. The van der Waals surface area contributed by atoms with Gasteiger partial charge in [-0.05, 0) is 23.8 Å². The Balaban J connectivity index is 1.89. The molecule has 0 radical (unpaired) electrons. The summed E-state index contributed by atoms with van der Waals surface area (Å²) in [5.41, 5.74) is 0.0607. The van der Waals surface area contributed by atoms with Crippen molar-refractivity contribution >= 4 is 29.3 Å². The van der Waals surface area contributed by atoms with Gasteiger partial charge >= 0.3 is 6.18 Å².